The molecule has 1 aliphatic carbocycles. The summed E-state index contributed by atoms with van der Waals surface area (Å²) in [5.41, 5.74) is 0.368. The fourth-order valence-corrected chi connectivity index (χ4v) is 3.46. The van der Waals surface area contributed by atoms with E-state index in [4.69, 9.17) is 5.26 Å². The number of nitrogens with zero attached hydrogens (tertiary/aromatic N) is 2. The molecule has 1 saturated carbocycles. The molecule has 1 N–H and O–H groups in total. The van der Waals surface area contributed by atoms with Gasteiger partial charge in [0.15, 0.2) is 0 Å². The van der Waals surface area contributed by atoms with Crippen molar-refractivity contribution in [3.8, 4) is 6.07 Å². The summed E-state index contributed by atoms with van der Waals surface area (Å²) in [6.45, 7) is 5.54. The zero-order chi connectivity index (χ0) is 11.4. The van der Waals surface area contributed by atoms with Crippen molar-refractivity contribution in [1.82, 2.24) is 10.2 Å². The molecule has 0 bridgehead atoms. The molecule has 1 atom stereocenters. The van der Waals surface area contributed by atoms with Gasteiger partial charge in [0.2, 0.25) is 0 Å². The molecule has 1 saturated heterocycles. The van der Waals surface area contributed by atoms with Crippen LogP contribution in [0.15, 0.2) is 0 Å². The van der Waals surface area contributed by atoms with Gasteiger partial charge in [-0.05, 0) is 19.8 Å². The van der Waals surface area contributed by atoms with E-state index in [0.717, 1.165) is 19.6 Å². The number of rotatable bonds is 2. The summed E-state index contributed by atoms with van der Waals surface area (Å²) in [5, 5.41) is 12.4. The van der Waals surface area contributed by atoms with Crippen molar-refractivity contribution in [2.24, 2.45) is 0 Å². The number of nitrogens with one attached hydrogen (secondary N) is 1. The molecule has 0 aromatic carbocycles. The molecule has 1 heterocycles. The maximum absolute atomic E-state index is 8.86. The number of nitriles is 1. The lowest BCUT2D eigenvalue weighted by Gasteiger charge is -2.52. The Morgan fingerprint density at radius 2 is 2.12 bits per heavy atom. The zero-order valence-electron chi connectivity index (χ0n) is 10.3. The van der Waals surface area contributed by atoms with Crippen molar-refractivity contribution < 1.29 is 0 Å². The van der Waals surface area contributed by atoms with Crippen LogP contribution in [-0.2, 0) is 0 Å². The summed E-state index contributed by atoms with van der Waals surface area (Å²) in [6, 6.07) is 2.75. The van der Waals surface area contributed by atoms with E-state index < -0.39 is 0 Å². The van der Waals surface area contributed by atoms with Gasteiger partial charge in [0.05, 0.1) is 12.5 Å². The first kappa shape index (κ1) is 11.9. The molecule has 1 aliphatic heterocycles. The normalized spacial score (nSPS) is 27.5. The Morgan fingerprint density at radius 1 is 1.38 bits per heavy atom. The Kier molecular flexibility index (Phi) is 3.83. The standard InChI is InChI=1S/C13H23N3/c1-12(5-8-14)16-10-9-15-11-13(16)6-3-2-4-7-13/h12,15H,2-7,9-11H2,1H3. The average Bonchev–Trinajstić information content (AvgIpc) is 2.31. The molecule has 0 amide bonds. The summed E-state index contributed by atoms with van der Waals surface area (Å²) >= 11 is 0. The van der Waals surface area contributed by atoms with Crippen molar-refractivity contribution in [2.75, 3.05) is 19.6 Å². The lowest BCUT2D eigenvalue weighted by molar-refractivity contribution is -0.000482. The lowest BCUT2D eigenvalue weighted by atomic mass is 9.78. The molecule has 3 nitrogen and oxygen atoms in total. The Balaban J connectivity index is 2.09. The minimum atomic E-state index is 0.368. The van der Waals surface area contributed by atoms with Gasteiger partial charge in [-0.15, -0.1) is 0 Å². The minimum absolute atomic E-state index is 0.368. The van der Waals surface area contributed by atoms with Gasteiger partial charge >= 0.3 is 0 Å². The first-order chi connectivity index (χ1) is 7.78. The Labute approximate surface area is 98.8 Å². The lowest BCUT2D eigenvalue weighted by Crippen LogP contribution is -2.64. The van der Waals surface area contributed by atoms with Gasteiger partial charge in [0.25, 0.3) is 0 Å². The predicted molar refractivity (Wildman–Crippen MR) is 65.1 cm³/mol. The quantitative estimate of drug-likeness (QED) is 0.774. The molecular weight excluding hydrogens is 198 g/mol. The molecule has 0 radical (unpaired) electrons. The summed E-state index contributed by atoms with van der Waals surface area (Å²) in [6.07, 6.45) is 7.41. The minimum Gasteiger partial charge on any atom is -0.314 e. The van der Waals surface area contributed by atoms with Gasteiger partial charge in [0.1, 0.15) is 0 Å². The topological polar surface area (TPSA) is 39.1 Å². The molecule has 2 aliphatic rings. The van der Waals surface area contributed by atoms with Crippen molar-refractivity contribution in [2.45, 2.75) is 57.0 Å². The fraction of sp³-hybridized carbons (Fsp3) is 0.923. The molecule has 3 heteroatoms. The second-order valence-corrected chi connectivity index (χ2v) is 5.37. The second-order valence-electron chi connectivity index (χ2n) is 5.37. The average molecular weight is 221 g/mol. The van der Waals surface area contributed by atoms with E-state index in [9.17, 15) is 0 Å². The van der Waals surface area contributed by atoms with E-state index in [1.807, 2.05) is 0 Å². The third kappa shape index (κ3) is 2.23. The first-order valence-corrected chi connectivity index (χ1v) is 6.63. The van der Waals surface area contributed by atoms with E-state index >= 15 is 0 Å². The van der Waals surface area contributed by atoms with Crippen LogP contribution in [0.1, 0.15) is 45.4 Å². The smallest absolute Gasteiger partial charge is 0.0638 e. The molecule has 16 heavy (non-hydrogen) atoms. The van der Waals surface area contributed by atoms with Crippen LogP contribution >= 0.6 is 0 Å². The van der Waals surface area contributed by atoms with Crippen molar-refractivity contribution in [3.05, 3.63) is 0 Å². The van der Waals surface area contributed by atoms with Crippen molar-refractivity contribution in [3.63, 3.8) is 0 Å². The van der Waals surface area contributed by atoms with Gasteiger partial charge in [0, 0.05) is 31.2 Å². The maximum Gasteiger partial charge on any atom is 0.0638 e. The highest BCUT2D eigenvalue weighted by Gasteiger charge is 2.41. The Morgan fingerprint density at radius 3 is 2.81 bits per heavy atom. The van der Waals surface area contributed by atoms with Gasteiger partial charge in [-0.25, -0.2) is 0 Å². The molecule has 2 rings (SSSR count). The summed E-state index contributed by atoms with van der Waals surface area (Å²) in [7, 11) is 0. The van der Waals surface area contributed by atoms with Gasteiger partial charge in [-0.2, -0.15) is 5.26 Å². The Bertz CT molecular complexity index is 255. The van der Waals surface area contributed by atoms with Crippen LogP contribution in [0.3, 0.4) is 0 Å². The largest absolute Gasteiger partial charge is 0.314 e. The van der Waals surface area contributed by atoms with Crippen molar-refractivity contribution >= 4 is 0 Å². The number of hydrogen-bond acceptors (Lipinski definition) is 3. The molecule has 0 aromatic rings. The van der Waals surface area contributed by atoms with E-state index in [2.05, 4.69) is 23.2 Å². The molecule has 2 fully saturated rings. The maximum atomic E-state index is 8.86. The molecule has 0 aromatic heterocycles. The van der Waals surface area contributed by atoms with Crippen molar-refractivity contribution in [1.29, 1.82) is 5.26 Å². The van der Waals surface area contributed by atoms with Crippen LogP contribution in [0.5, 0.6) is 0 Å². The highest BCUT2D eigenvalue weighted by molar-refractivity contribution is 5.00. The predicted octanol–water partition coefficient (Wildman–Crippen LogP) is 1.90. The fourth-order valence-electron chi connectivity index (χ4n) is 3.46. The van der Waals surface area contributed by atoms with Crippen LogP contribution in [0.4, 0.5) is 0 Å². The zero-order valence-corrected chi connectivity index (χ0v) is 10.3. The highest BCUT2D eigenvalue weighted by Crippen LogP contribution is 2.36. The van der Waals surface area contributed by atoms with Gasteiger partial charge < -0.3 is 5.32 Å². The van der Waals surface area contributed by atoms with Crippen LogP contribution in [-0.4, -0.2) is 36.1 Å². The monoisotopic (exact) mass is 221 g/mol. The SMILES string of the molecule is CC(CC#N)N1CCNCC12CCCCC2. The second kappa shape index (κ2) is 5.16. The first-order valence-electron chi connectivity index (χ1n) is 6.63. The molecule has 1 spiro atoms. The molecule has 1 unspecified atom stereocenters. The van der Waals surface area contributed by atoms with E-state index in [1.54, 1.807) is 0 Å². The van der Waals surface area contributed by atoms with E-state index in [0.29, 0.717) is 18.0 Å². The summed E-state index contributed by atoms with van der Waals surface area (Å²) < 4.78 is 0. The Hall–Kier alpha value is -0.590. The van der Waals surface area contributed by atoms with Crippen LogP contribution < -0.4 is 5.32 Å². The van der Waals surface area contributed by atoms with Crippen LogP contribution in [0.25, 0.3) is 0 Å². The highest BCUT2D eigenvalue weighted by atomic mass is 15.3. The van der Waals surface area contributed by atoms with Crippen LogP contribution in [0.2, 0.25) is 0 Å². The molecule has 90 valence electrons. The number of hydrogen-bond donors (Lipinski definition) is 1. The van der Waals surface area contributed by atoms with Crippen LogP contribution in [0, 0.1) is 11.3 Å². The molecular formula is C13H23N3. The van der Waals surface area contributed by atoms with E-state index in [-0.39, 0.29) is 0 Å². The third-order valence-electron chi connectivity index (χ3n) is 4.30. The number of piperazine rings is 1. The van der Waals surface area contributed by atoms with Gasteiger partial charge in [-0.1, -0.05) is 19.3 Å². The van der Waals surface area contributed by atoms with E-state index in [1.165, 1.54) is 32.1 Å². The summed E-state index contributed by atoms with van der Waals surface area (Å²) in [5.74, 6) is 0. The summed E-state index contributed by atoms with van der Waals surface area (Å²) in [4.78, 5) is 2.62. The van der Waals surface area contributed by atoms with Gasteiger partial charge in [-0.3, -0.25) is 4.90 Å². The third-order valence-corrected chi connectivity index (χ3v) is 4.30.